The van der Waals surface area contributed by atoms with E-state index in [-0.39, 0.29) is 17.7 Å². The summed E-state index contributed by atoms with van der Waals surface area (Å²) in [6.45, 7) is 1.88. The smallest absolute Gasteiger partial charge is 0.226 e. The number of hydrogen-bond donors (Lipinski definition) is 2. The summed E-state index contributed by atoms with van der Waals surface area (Å²) in [6, 6.07) is 6.65. The first-order valence-electron chi connectivity index (χ1n) is 5.32. The van der Waals surface area contributed by atoms with Gasteiger partial charge in [-0.3, -0.25) is 4.79 Å². The SMILES string of the molecule is CC(N)CCC(=O)N(C)c1cccc(O)c1. The molecular weight excluding hydrogens is 204 g/mol. The third kappa shape index (κ3) is 3.55. The number of benzene rings is 1. The van der Waals surface area contributed by atoms with E-state index in [0.717, 1.165) is 0 Å². The molecule has 0 aliphatic heterocycles. The van der Waals surface area contributed by atoms with E-state index in [1.807, 2.05) is 6.92 Å². The summed E-state index contributed by atoms with van der Waals surface area (Å²) in [7, 11) is 1.69. The van der Waals surface area contributed by atoms with E-state index < -0.39 is 0 Å². The van der Waals surface area contributed by atoms with Crippen LogP contribution in [0.1, 0.15) is 19.8 Å². The lowest BCUT2D eigenvalue weighted by Crippen LogP contribution is -2.28. The molecular formula is C12H18N2O2. The molecule has 1 rings (SSSR count). The third-order valence-electron chi connectivity index (χ3n) is 2.40. The predicted molar refractivity (Wildman–Crippen MR) is 64.4 cm³/mol. The number of carbonyl (C=O) groups excluding carboxylic acids is 1. The highest BCUT2D eigenvalue weighted by molar-refractivity contribution is 5.92. The van der Waals surface area contributed by atoms with Crippen LogP contribution in [0.5, 0.6) is 5.75 Å². The Hall–Kier alpha value is -1.55. The van der Waals surface area contributed by atoms with Crippen LogP contribution < -0.4 is 10.6 Å². The average Bonchev–Trinajstić information content (AvgIpc) is 2.24. The zero-order valence-corrected chi connectivity index (χ0v) is 9.68. The van der Waals surface area contributed by atoms with Gasteiger partial charge in [0.15, 0.2) is 0 Å². The van der Waals surface area contributed by atoms with E-state index in [2.05, 4.69) is 0 Å². The summed E-state index contributed by atoms with van der Waals surface area (Å²) in [6.07, 6.45) is 1.09. The molecule has 88 valence electrons. The quantitative estimate of drug-likeness (QED) is 0.811. The Morgan fingerprint density at radius 2 is 2.25 bits per heavy atom. The highest BCUT2D eigenvalue weighted by Gasteiger charge is 2.11. The molecule has 3 N–H and O–H groups in total. The molecule has 0 heterocycles. The number of nitrogens with two attached hydrogens (primary N) is 1. The maximum absolute atomic E-state index is 11.7. The van der Waals surface area contributed by atoms with Gasteiger partial charge in [-0.1, -0.05) is 6.07 Å². The van der Waals surface area contributed by atoms with Crippen LogP contribution in [0, 0.1) is 0 Å². The lowest BCUT2D eigenvalue weighted by molar-refractivity contribution is -0.118. The van der Waals surface area contributed by atoms with Gasteiger partial charge in [0.05, 0.1) is 0 Å². The molecule has 1 aromatic rings. The van der Waals surface area contributed by atoms with E-state index >= 15 is 0 Å². The van der Waals surface area contributed by atoms with Crippen LogP contribution in [0.4, 0.5) is 5.69 Å². The Kier molecular flexibility index (Phi) is 4.31. The van der Waals surface area contributed by atoms with E-state index in [1.165, 1.54) is 4.90 Å². The topological polar surface area (TPSA) is 66.6 Å². The molecule has 0 saturated carbocycles. The Labute approximate surface area is 95.7 Å². The van der Waals surface area contributed by atoms with Gasteiger partial charge < -0.3 is 15.7 Å². The molecule has 0 radical (unpaired) electrons. The van der Waals surface area contributed by atoms with Crippen molar-refractivity contribution in [3.8, 4) is 5.75 Å². The van der Waals surface area contributed by atoms with E-state index in [0.29, 0.717) is 18.5 Å². The second kappa shape index (κ2) is 5.51. The van der Waals surface area contributed by atoms with Crippen molar-refractivity contribution in [3.63, 3.8) is 0 Å². The fraction of sp³-hybridized carbons (Fsp3) is 0.417. The van der Waals surface area contributed by atoms with Crippen molar-refractivity contribution < 1.29 is 9.90 Å². The van der Waals surface area contributed by atoms with Crippen LogP contribution in [0.15, 0.2) is 24.3 Å². The number of amides is 1. The molecule has 1 amide bonds. The Morgan fingerprint density at radius 1 is 1.56 bits per heavy atom. The molecule has 1 unspecified atom stereocenters. The molecule has 0 saturated heterocycles. The van der Waals surface area contributed by atoms with Gasteiger partial charge in [0.25, 0.3) is 0 Å². The lowest BCUT2D eigenvalue weighted by Gasteiger charge is -2.18. The molecule has 1 aromatic carbocycles. The van der Waals surface area contributed by atoms with Gasteiger partial charge in [0.2, 0.25) is 5.91 Å². The van der Waals surface area contributed by atoms with Gasteiger partial charge in [-0.25, -0.2) is 0 Å². The molecule has 0 bridgehead atoms. The summed E-state index contributed by atoms with van der Waals surface area (Å²) in [5, 5.41) is 9.30. The second-order valence-electron chi connectivity index (χ2n) is 3.99. The van der Waals surface area contributed by atoms with Gasteiger partial charge in [-0.05, 0) is 25.5 Å². The largest absolute Gasteiger partial charge is 0.508 e. The van der Waals surface area contributed by atoms with E-state index in [9.17, 15) is 9.90 Å². The maximum atomic E-state index is 11.7. The van der Waals surface area contributed by atoms with Gasteiger partial charge in [0.1, 0.15) is 5.75 Å². The molecule has 4 heteroatoms. The number of carbonyl (C=O) groups is 1. The Morgan fingerprint density at radius 3 is 2.81 bits per heavy atom. The highest BCUT2D eigenvalue weighted by atomic mass is 16.3. The van der Waals surface area contributed by atoms with Crippen LogP contribution >= 0.6 is 0 Å². The third-order valence-corrected chi connectivity index (χ3v) is 2.40. The normalized spacial score (nSPS) is 12.2. The number of phenols is 1. The number of rotatable bonds is 4. The number of aromatic hydroxyl groups is 1. The first kappa shape index (κ1) is 12.5. The summed E-state index contributed by atoms with van der Waals surface area (Å²) >= 11 is 0. The summed E-state index contributed by atoms with van der Waals surface area (Å²) in [5.41, 5.74) is 6.28. The monoisotopic (exact) mass is 222 g/mol. The van der Waals surface area contributed by atoms with Crippen molar-refractivity contribution in [3.05, 3.63) is 24.3 Å². The highest BCUT2D eigenvalue weighted by Crippen LogP contribution is 2.19. The molecule has 0 aliphatic carbocycles. The Balaban J connectivity index is 2.63. The maximum Gasteiger partial charge on any atom is 0.226 e. The molecule has 0 fully saturated rings. The van der Waals surface area contributed by atoms with Crippen molar-refractivity contribution >= 4 is 11.6 Å². The van der Waals surface area contributed by atoms with Crippen molar-refractivity contribution in [2.75, 3.05) is 11.9 Å². The fourth-order valence-corrected chi connectivity index (χ4v) is 1.36. The van der Waals surface area contributed by atoms with Crippen LogP contribution in [0.25, 0.3) is 0 Å². The minimum atomic E-state index is 0.00269. The van der Waals surface area contributed by atoms with Crippen LogP contribution in [0.2, 0.25) is 0 Å². The molecule has 16 heavy (non-hydrogen) atoms. The Bertz CT molecular complexity index is 364. The molecule has 0 spiro atoms. The standard InChI is InChI=1S/C12H18N2O2/c1-9(13)6-7-12(16)14(2)10-4-3-5-11(15)8-10/h3-5,8-9,15H,6-7,13H2,1-2H3. The van der Waals surface area contributed by atoms with Gasteiger partial charge in [-0.2, -0.15) is 0 Å². The van der Waals surface area contributed by atoms with E-state index in [1.54, 1.807) is 31.3 Å². The number of hydrogen-bond acceptors (Lipinski definition) is 3. The number of phenolic OH excluding ortho intramolecular Hbond substituents is 1. The summed E-state index contributed by atoms with van der Waals surface area (Å²) in [4.78, 5) is 13.3. The van der Waals surface area contributed by atoms with Gasteiger partial charge in [-0.15, -0.1) is 0 Å². The number of nitrogens with zero attached hydrogens (tertiary/aromatic N) is 1. The summed E-state index contributed by atoms with van der Waals surface area (Å²) < 4.78 is 0. The number of anilines is 1. The zero-order valence-electron chi connectivity index (χ0n) is 9.68. The molecule has 0 aromatic heterocycles. The summed E-state index contributed by atoms with van der Waals surface area (Å²) in [5.74, 6) is 0.159. The lowest BCUT2D eigenvalue weighted by atomic mass is 10.2. The first-order chi connectivity index (χ1) is 7.50. The van der Waals surface area contributed by atoms with Crippen LogP contribution in [-0.2, 0) is 4.79 Å². The minimum Gasteiger partial charge on any atom is -0.508 e. The van der Waals surface area contributed by atoms with Crippen molar-refractivity contribution in [1.82, 2.24) is 0 Å². The van der Waals surface area contributed by atoms with Gasteiger partial charge in [0, 0.05) is 31.3 Å². The van der Waals surface area contributed by atoms with Crippen molar-refractivity contribution in [2.24, 2.45) is 5.73 Å². The van der Waals surface area contributed by atoms with Crippen molar-refractivity contribution in [1.29, 1.82) is 0 Å². The van der Waals surface area contributed by atoms with Crippen LogP contribution in [-0.4, -0.2) is 24.1 Å². The van der Waals surface area contributed by atoms with E-state index in [4.69, 9.17) is 5.73 Å². The van der Waals surface area contributed by atoms with Crippen molar-refractivity contribution in [2.45, 2.75) is 25.8 Å². The zero-order chi connectivity index (χ0) is 12.1. The fourth-order valence-electron chi connectivity index (χ4n) is 1.36. The van der Waals surface area contributed by atoms with Crippen LogP contribution in [0.3, 0.4) is 0 Å². The minimum absolute atomic E-state index is 0.00269. The molecule has 4 nitrogen and oxygen atoms in total. The second-order valence-corrected chi connectivity index (χ2v) is 3.99. The predicted octanol–water partition coefficient (Wildman–Crippen LogP) is 1.48. The van der Waals surface area contributed by atoms with Gasteiger partial charge >= 0.3 is 0 Å². The first-order valence-corrected chi connectivity index (χ1v) is 5.32. The molecule has 0 aliphatic rings. The average molecular weight is 222 g/mol. The molecule has 1 atom stereocenters.